The van der Waals surface area contributed by atoms with Crippen LogP contribution in [0, 0.1) is 12.7 Å². The van der Waals surface area contributed by atoms with Gasteiger partial charge in [-0.1, -0.05) is 0 Å². The van der Waals surface area contributed by atoms with Gasteiger partial charge in [-0.3, -0.25) is 4.99 Å². The van der Waals surface area contributed by atoms with Crippen molar-refractivity contribution in [2.24, 2.45) is 4.99 Å². The summed E-state index contributed by atoms with van der Waals surface area (Å²) in [5, 5.41) is 6.54. The maximum atomic E-state index is 12.9. The predicted octanol–water partition coefficient (Wildman–Crippen LogP) is 2.74. The lowest BCUT2D eigenvalue weighted by Crippen LogP contribution is -2.42. The molecule has 0 radical (unpaired) electrons. The molecule has 2 N–H and O–H groups in total. The van der Waals surface area contributed by atoms with Gasteiger partial charge in [0.2, 0.25) is 0 Å². The van der Waals surface area contributed by atoms with Crippen molar-refractivity contribution in [3.63, 3.8) is 0 Å². The van der Waals surface area contributed by atoms with E-state index >= 15 is 0 Å². The van der Waals surface area contributed by atoms with Crippen LogP contribution in [0.25, 0.3) is 0 Å². The van der Waals surface area contributed by atoms with E-state index in [-0.39, 0.29) is 11.9 Å². The summed E-state index contributed by atoms with van der Waals surface area (Å²) < 4.78 is 20.8. The zero-order valence-corrected chi connectivity index (χ0v) is 15.7. The molecule has 0 amide bonds. The summed E-state index contributed by atoms with van der Waals surface area (Å²) in [6, 6.07) is 6.03. The number of unbranched alkanes of at least 4 members (excludes halogenated alkanes) is 1. The molecular weight excluding hydrogens is 333 g/mol. The van der Waals surface area contributed by atoms with Crippen molar-refractivity contribution in [3.8, 4) is 5.75 Å². The lowest BCUT2D eigenvalue weighted by molar-refractivity contribution is 0.223. The average Bonchev–Trinajstić information content (AvgIpc) is 3.04. The molecule has 0 bridgehead atoms. The standard InChI is InChI=1S/C19H28FN5O/c1-15(26-18-8-6-17(20)7-9-18)14-24-19(21-3)23-10-4-5-12-25-13-11-22-16(25)2/h6-9,11,13,15H,4-5,10,12,14H2,1-3H3,(H2,21,23,24). The number of aliphatic imine (C=N–C) groups is 1. The summed E-state index contributed by atoms with van der Waals surface area (Å²) in [5.74, 6) is 2.18. The van der Waals surface area contributed by atoms with Crippen LogP contribution in [0.5, 0.6) is 5.75 Å². The number of benzene rings is 1. The average molecular weight is 361 g/mol. The fraction of sp³-hybridized carbons (Fsp3) is 0.474. The number of aromatic nitrogens is 2. The highest BCUT2D eigenvalue weighted by Crippen LogP contribution is 2.12. The van der Waals surface area contributed by atoms with Crippen molar-refractivity contribution >= 4 is 5.96 Å². The minimum absolute atomic E-state index is 0.0665. The van der Waals surface area contributed by atoms with Crippen LogP contribution in [0.2, 0.25) is 0 Å². The van der Waals surface area contributed by atoms with Gasteiger partial charge in [-0.25, -0.2) is 9.37 Å². The molecule has 26 heavy (non-hydrogen) atoms. The first-order chi connectivity index (χ1) is 12.6. The van der Waals surface area contributed by atoms with E-state index < -0.39 is 0 Å². The Kier molecular flexibility index (Phi) is 7.92. The van der Waals surface area contributed by atoms with Crippen molar-refractivity contribution < 1.29 is 9.13 Å². The second-order valence-electron chi connectivity index (χ2n) is 6.14. The quantitative estimate of drug-likeness (QED) is 0.410. The highest BCUT2D eigenvalue weighted by Gasteiger charge is 2.06. The summed E-state index contributed by atoms with van der Waals surface area (Å²) in [7, 11) is 1.75. The van der Waals surface area contributed by atoms with Gasteiger partial charge in [0.15, 0.2) is 5.96 Å². The van der Waals surface area contributed by atoms with Gasteiger partial charge in [0, 0.05) is 32.5 Å². The number of imidazole rings is 1. The third kappa shape index (κ3) is 6.74. The topological polar surface area (TPSA) is 63.5 Å². The van der Waals surface area contributed by atoms with Crippen LogP contribution >= 0.6 is 0 Å². The number of guanidine groups is 1. The molecule has 2 rings (SSSR count). The Bertz CT molecular complexity index is 683. The van der Waals surface area contributed by atoms with Gasteiger partial charge in [-0.05, 0) is 51.0 Å². The number of hydrogen-bond donors (Lipinski definition) is 2. The number of hydrogen-bond acceptors (Lipinski definition) is 3. The van der Waals surface area contributed by atoms with Crippen molar-refractivity contribution in [1.29, 1.82) is 0 Å². The van der Waals surface area contributed by atoms with E-state index in [0.717, 1.165) is 37.7 Å². The summed E-state index contributed by atoms with van der Waals surface area (Å²) >= 11 is 0. The van der Waals surface area contributed by atoms with Crippen LogP contribution in [0.1, 0.15) is 25.6 Å². The minimum Gasteiger partial charge on any atom is -0.489 e. The Labute approximate surface area is 154 Å². The van der Waals surface area contributed by atoms with Crippen LogP contribution in [-0.4, -0.2) is 41.8 Å². The molecule has 1 unspecified atom stereocenters. The lowest BCUT2D eigenvalue weighted by Gasteiger charge is -2.17. The molecule has 0 saturated carbocycles. The molecule has 6 nitrogen and oxygen atoms in total. The molecule has 0 saturated heterocycles. The maximum Gasteiger partial charge on any atom is 0.191 e. The minimum atomic E-state index is -0.268. The van der Waals surface area contributed by atoms with Crippen LogP contribution in [0.4, 0.5) is 4.39 Å². The summed E-state index contributed by atoms with van der Waals surface area (Å²) in [5.41, 5.74) is 0. The molecule has 0 aliphatic rings. The Hall–Kier alpha value is -2.57. The van der Waals surface area contributed by atoms with Crippen molar-refractivity contribution in [1.82, 2.24) is 20.2 Å². The molecule has 2 aromatic rings. The van der Waals surface area contributed by atoms with E-state index in [1.165, 1.54) is 12.1 Å². The van der Waals surface area contributed by atoms with E-state index in [9.17, 15) is 4.39 Å². The second-order valence-corrected chi connectivity index (χ2v) is 6.14. The van der Waals surface area contributed by atoms with Crippen LogP contribution in [-0.2, 0) is 6.54 Å². The van der Waals surface area contributed by atoms with Crippen molar-refractivity contribution in [2.45, 2.75) is 39.3 Å². The Morgan fingerprint density at radius 2 is 2.04 bits per heavy atom. The Morgan fingerprint density at radius 1 is 1.27 bits per heavy atom. The number of nitrogens with zero attached hydrogens (tertiary/aromatic N) is 3. The monoisotopic (exact) mass is 361 g/mol. The fourth-order valence-electron chi connectivity index (χ4n) is 2.50. The first kappa shape index (κ1) is 19.8. The summed E-state index contributed by atoms with van der Waals surface area (Å²) in [6.45, 7) is 6.39. The van der Waals surface area contributed by atoms with Gasteiger partial charge in [-0.2, -0.15) is 0 Å². The maximum absolute atomic E-state index is 12.9. The van der Waals surface area contributed by atoms with E-state index in [2.05, 4.69) is 25.2 Å². The Balaban J connectivity index is 1.61. The van der Waals surface area contributed by atoms with Gasteiger partial charge in [0.05, 0.1) is 6.54 Å². The van der Waals surface area contributed by atoms with E-state index in [0.29, 0.717) is 12.3 Å². The molecule has 142 valence electrons. The third-order valence-corrected chi connectivity index (χ3v) is 3.97. The second kappa shape index (κ2) is 10.4. The number of ether oxygens (including phenoxy) is 1. The zero-order valence-electron chi connectivity index (χ0n) is 15.7. The molecular formula is C19H28FN5O. The van der Waals surface area contributed by atoms with Crippen LogP contribution < -0.4 is 15.4 Å². The summed E-state index contributed by atoms with van der Waals surface area (Å²) in [6.07, 6.45) is 5.88. The van der Waals surface area contributed by atoms with E-state index in [4.69, 9.17) is 4.74 Å². The molecule has 1 aromatic carbocycles. The number of halogens is 1. The van der Waals surface area contributed by atoms with Crippen LogP contribution in [0.15, 0.2) is 41.7 Å². The largest absolute Gasteiger partial charge is 0.489 e. The number of nitrogens with one attached hydrogen (secondary N) is 2. The van der Waals surface area contributed by atoms with E-state index in [1.807, 2.05) is 26.2 Å². The molecule has 7 heteroatoms. The first-order valence-electron chi connectivity index (χ1n) is 8.93. The van der Waals surface area contributed by atoms with Gasteiger partial charge >= 0.3 is 0 Å². The fourth-order valence-corrected chi connectivity index (χ4v) is 2.50. The summed E-state index contributed by atoms with van der Waals surface area (Å²) in [4.78, 5) is 8.43. The molecule has 1 aromatic heterocycles. The van der Waals surface area contributed by atoms with Gasteiger partial charge in [-0.15, -0.1) is 0 Å². The first-order valence-corrected chi connectivity index (χ1v) is 8.93. The lowest BCUT2D eigenvalue weighted by atomic mass is 10.3. The molecule has 0 fully saturated rings. The van der Waals surface area contributed by atoms with Crippen molar-refractivity contribution in [3.05, 3.63) is 48.3 Å². The molecule has 0 aliphatic carbocycles. The van der Waals surface area contributed by atoms with E-state index in [1.54, 1.807) is 19.2 Å². The smallest absolute Gasteiger partial charge is 0.191 e. The van der Waals surface area contributed by atoms with Crippen LogP contribution in [0.3, 0.4) is 0 Å². The number of rotatable bonds is 9. The van der Waals surface area contributed by atoms with Crippen molar-refractivity contribution in [2.75, 3.05) is 20.1 Å². The number of aryl methyl sites for hydroxylation is 2. The Morgan fingerprint density at radius 3 is 2.69 bits per heavy atom. The molecule has 0 aliphatic heterocycles. The highest BCUT2D eigenvalue weighted by atomic mass is 19.1. The van der Waals surface area contributed by atoms with Gasteiger partial charge in [0.25, 0.3) is 0 Å². The van der Waals surface area contributed by atoms with Gasteiger partial charge < -0.3 is 19.9 Å². The molecule has 0 spiro atoms. The third-order valence-electron chi connectivity index (χ3n) is 3.97. The van der Waals surface area contributed by atoms with Gasteiger partial charge in [0.1, 0.15) is 23.5 Å². The predicted molar refractivity (Wildman–Crippen MR) is 102 cm³/mol. The normalized spacial score (nSPS) is 12.7. The zero-order chi connectivity index (χ0) is 18.8. The molecule has 1 atom stereocenters. The molecule has 1 heterocycles. The SMILES string of the molecule is CN=C(NCCCCn1ccnc1C)NCC(C)Oc1ccc(F)cc1. The highest BCUT2D eigenvalue weighted by molar-refractivity contribution is 5.79.